The van der Waals surface area contributed by atoms with Crippen molar-refractivity contribution in [1.29, 1.82) is 0 Å². The molecular weight excluding hydrogens is 325 g/mol. The quantitative estimate of drug-likeness (QED) is 0.761. The number of imidazole rings is 1. The van der Waals surface area contributed by atoms with Gasteiger partial charge < -0.3 is 15.6 Å². The highest BCUT2D eigenvalue weighted by Gasteiger charge is 2.07. The first-order valence-electron chi connectivity index (χ1n) is 6.28. The second-order valence-corrected chi connectivity index (χ2v) is 5.32. The maximum Gasteiger partial charge on any atom is 0.232 e. The first-order chi connectivity index (χ1) is 10.6. The maximum absolute atomic E-state index is 5.96. The summed E-state index contributed by atoms with van der Waals surface area (Å²) in [6, 6.07) is 5.06. The molecule has 1 aromatic carbocycles. The maximum atomic E-state index is 5.96. The number of nitrogens with zero attached hydrogens (tertiary/aromatic N) is 5. The molecule has 3 N–H and O–H groups in total. The average Bonchev–Trinajstić information content (AvgIpc) is 2.89. The van der Waals surface area contributed by atoms with Crippen molar-refractivity contribution >= 4 is 40.8 Å². The molecule has 0 aliphatic heterocycles. The Balaban J connectivity index is 1.85. The SMILES string of the molecule is Nc1nc(Cn2ccnc2)nc(Nc2cc(Cl)cc(Cl)c2)n1. The Morgan fingerprint density at radius 1 is 1.09 bits per heavy atom. The monoisotopic (exact) mass is 335 g/mol. The first-order valence-corrected chi connectivity index (χ1v) is 7.03. The molecule has 3 aromatic rings. The molecule has 0 saturated carbocycles. The third-order valence-electron chi connectivity index (χ3n) is 2.70. The van der Waals surface area contributed by atoms with E-state index in [1.807, 2.05) is 10.8 Å². The van der Waals surface area contributed by atoms with Gasteiger partial charge in [0.2, 0.25) is 11.9 Å². The first kappa shape index (κ1) is 14.6. The molecule has 2 aromatic heterocycles. The van der Waals surface area contributed by atoms with Gasteiger partial charge in [0.05, 0.1) is 12.9 Å². The molecule has 2 heterocycles. The summed E-state index contributed by atoms with van der Waals surface area (Å²) in [6.45, 7) is 0.442. The van der Waals surface area contributed by atoms with Crippen LogP contribution in [0, 0.1) is 0 Å². The van der Waals surface area contributed by atoms with E-state index in [-0.39, 0.29) is 5.95 Å². The predicted molar refractivity (Wildman–Crippen MR) is 85.3 cm³/mol. The van der Waals surface area contributed by atoms with Crippen molar-refractivity contribution in [1.82, 2.24) is 24.5 Å². The van der Waals surface area contributed by atoms with Crippen molar-refractivity contribution < 1.29 is 0 Å². The van der Waals surface area contributed by atoms with E-state index in [4.69, 9.17) is 28.9 Å². The Bertz CT molecular complexity index is 769. The molecule has 0 aliphatic rings. The highest BCUT2D eigenvalue weighted by atomic mass is 35.5. The van der Waals surface area contributed by atoms with Crippen LogP contribution in [0.15, 0.2) is 36.9 Å². The van der Waals surface area contributed by atoms with Crippen LogP contribution >= 0.6 is 23.2 Å². The summed E-state index contributed by atoms with van der Waals surface area (Å²) in [5, 5.41) is 4.03. The van der Waals surface area contributed by atoms with Gasteiger partial charge in [-0.1, -0.05) is 23.2 Å². The van der Waals surface area contributed by atoms with Gasteiger partial charge in [0, 0.05) is 28.1 Å². The lowest BCUT2D eigenvalue weighted by Crippen LogP contribution is -2.09. The minimum absolute atomic E-state index is 0.126. The van der Waals surface area contributed by atoms with Gasteiger partial charge in [-0.2, -0.15) is 15.0 Å². The van der Waals surface area contributed by atoms with Gasteiger partial charge in [-0.05, 0) is 18.2 Å². The summed E-state index contributed by atoms with van der Waals surface area (Å²) < 4.78 is 1.83. The summed E-state index contributed by atoms with van der Waals surface area (Å²) in [5.74, 6) is 0.961. The van der Waals surface area contributed by atoms with E-state index in [0.29, 0.717) is 34.1 Å². The Morgan fingerprint density at radius 3 is 2.55 bits per heavy atom. The molecule has 0 fully saturated rings. The van der Waals surface area contributed by atoms with Gasteiger partial charge in [0.25, 0.3) is 0 Å². The van der Waals surface area contributed by atoms with Gasteiger partial charge in [-0.15, -0.1) is 0 Å². The Hall–Kier alpha value is -2.38. The summed E-state index contributed by atoms with van der Waals surface area (Å²) in [6.07, 6.45) is 5.16. The zero-order valence-electron chi connectivity index (χ0n) is 11.2. The summed E-state index contributed by atoms with van der Waals surface area (Å²) in [5.41, 5.74) is 6.39. The lowest BCUT2D eigenvalue weighted by molar-refractivity contribution is 0.739. The standard InChI is InChI=1S/C13H11Cl2N7/c14-8-3-9(15)5-10(4-8)18-13-20-11(19-12(16)21-13)6-22-2-1-17-7-22/h1-5,7H,6H2,(H3,16,18,19,20,21). The Labute approximate surface area is 136 Å². The number of aromatic nitrogens is 5. The summed E-state index contributed by atoms with van der Waals surface area (Å²) in [7, 11) is 0. The molecule has 22 heavy (non-hydrogen) atoms. The van der Waals surface area contributed by atoms with E-state index in [2.05, 4.69) is 25.3 Å². The van der Waals surface area contributed by atoms with Crippen LogP contribution in [0.25, 0.3) is 0 Å². The largest absolute Gasteiger partial charge is 0.368 e. The van der Waals surface area contributed by atoms with Gasteiger partial charge in [0.15, 0.2) is 5.82 Å². The fraction of sp³-hybridized carbons (Fsp3) is 0.0769. The molecule has 9 heteroatoms. The third-order valence-corrected chi connectivity index (χ3v) is 3.14. The van der Waals surface area contributed by atoms with E-state index in [1.165, 1.54) is 0 Å². The van der Waals surface area contributed by atoms with Crippen molar-refractivity contribution in [2.45, 2.75) is 6.54 Å². The number of hydrogen-bond donors (Lipinski definition) is 2. The van der Waals surface area contributed by atoms with E-state index >= 15 is 0 Å². The van der Waals surface area contributed by atoms with E-state index in [9.17, 15) is 0 Å². The number of nitrogen functional groups attached to an aromatic ring is 1. The lowest BCUT2D eigenvalue weighted by atomic mass is 10.3. The zero-order chi connectivity index (χ0) is 15.5. The van der Waals surface area contributed by atoms with Crippen LogP contribution in [-0.2, 0) is 6.54 Å². The van der Waals surface area contributed by atoms with Crippen LogP contribution in [-0.4, -0.2) is 24.5 Å². The second-order valence-electron chi connectivity index (χ2n) is 4.45. The molecule has 0 atom stereocenters. The number of anilines is 3. The molecule has 112 valence electrons. The summed E-state index contributed by atoms with van der Waals surface area (Å²) >= 11 is 11.9. The second kappa shape index (κ2) is 6.17. The molecule has 0 radical (unpaired) electrons. The van der Waals surface area contributed by atoms with Crippen LogP contribution in [0.2, 0.25) is 10.0 Å². The Kier molecular flexibility index (Phi) is 4.08. The van der Waals surface area contributed by atoms with Crippen LogP contribution in [0.3, 0.4) is 0 Å². The highest BCUT2D eigenvalue weighted by molar-refractivity contribution is 6.35. The van der Waals surface area contributed by atoms with E-state index in [1.54, 1.807) is 30.7 Å². The molecule has 0 saturated heterocycles. The molecule has 0 amide bonds. The van der Waals surface area contributed by atoms with Crippen molar-refractivity contribution in [3.8, 4) is 0 Å². The van der Waals surface area contributed by atoms with E-state index in [0.717, 1.165) is 0 Å². The fourth-order valence-electron chi connectivity index (χ4n) is 1.86. The van der Waals surface area contributed by atoms with Crippen LogP contribution in [0.4, 0.5) is 17.6 Å². The molecule has 0 spiro atoms. The number of rotatable bonds is 4. The van der Waals surface area contributed by atoms with Crippen molar-refractivity contribution in [2.75, 3.05) is 11.1 Å². The van der Waals surface area contributed by atoms with Crippen molar-refractivity contribution in [3.63, 3.8) is 0 Å². The summed E-state index contributed by atoms with van der Waals surface area (Å²) in [4.78, 5) is 16.4. The number of halogens is 2. The van der Waals surface area contributed by atoms with Crippen LogP contribution < -0.4 is 11.1 Å². The Morgan fingerprint density at radius 2 is 1.86 bits per heavy atom. The van der Waals surface area contributed by atoms with Gasteiger partial charge >= 0.3 is 0 Å². The van der Waals surface area contributed by atoms with Crippen LogP contribution in [0.5, 0.6) is 0 Å². The molecule has 3 rings (SSSR count). The minimum Gasteiger partial charge on any atom is -0.368 e. The molecule has 0 unspecified atom stereocenters. The van der Waals surface area contributed by atoms with Gasteiger partial charge in [-0.3, -0.25) is 0 Å². The molecule has 0 bridgehead atoms. The fourth-order valence-corrected chi connectivity index (χ4v) is 2.39. The lowest BCUT2D eigenvalue weighted by Gasteiger charge is -2.08. The molecule has 7 nitrogen and oxygen atoms in total. The highest BCUT2D eigenvalue weighted by Crippen LogP contribution is 2.24. The smallest absolute Gasteiger partial charge is 0.232 e. The zero-order valence-corrected chi connectivity index (χ0v) is 12.8. The van der Waals surface area contributed by atoms with Crippen molar-refractivity contribution in [2.24, 2.45) is 0 Å². The molecular formula is C13H11Cl2N7. The van der Waals surface area contributed by atoms with Gasteiger partial charge in [0.1, 0.15) is 0 Å². The predicted octanol–water partition coefficient (Wildman–Crippen LogP) is 2.75. The average molecular weight is 336 g/mol. The molecule has 0 aliphatic carbocycles. The normalized spacial score (nSPS) is 10.6. The van der Waals surface area contributed by atoms with Gasteiger partial charge in [-0.25, -0.2) is 4.98 Å². The number of nitrogens with one attached hydrogen (secondary N) is 1. The van der Waals surface area contributed by atoms with Crippen molar-refractivity contribution in [3.05, 3.63) is 52.8 Å². The minimum atomic E-state index is 0.126. The van der Waals surface area contributed by atoms with E-state index < -0.39 is 0 Å². The number of benzene rings is 1. The number of nitrogens with two attached hydrogens (primary N) is 1. The number of hydrogen-bond acceptors (Lipinski definition) is 6. The van der Waals surface area contributed by atoms with Crippen LogP contribution in [0.1, 0.15) is 5.82 Å². The third kappa shape index (κ3) is 3.63. The topological polar surface area (TPSA) is 94.5 Å².